The number of unbranched alkanes of at least 4 members (excludes halogenated alkanes) is 1. The van der Waals surface area contributed by atoms with Crippen molar-refractivity contribution < 1.29 is 19.7 Å². The number of aliphatic hydroxyl groups excluding tert-OH is 1. The fourth-order valence-corrected chi connectivity index (χ4v) is 5.25. The third-order valence-electron chi connectivity index (χ3n) is 7.05. The van der Waals surface area contributed by atoms with Gasteiger partial charge in [-0.3, -0.25) is 4.79 Å². The molecule has 2 bridgehead atoms. The Morgan fingerprint density at radius 2 is 1.93 bits per heavy atom. The molecule has 4 nitrogen and oxygen atoms in total. The number of carboxylic acid groups (broad SMARTS) is 1. The highest BCUT2D eigenvalue weighted by atomic mass is 16.5. The van der Waals surface area contributed by atoms with Crippen LogP contribution in [0.25, 0.3) is 0 Å². The highest BCUT2D eigenvalue weighted by Gasteiger charge is 2.47. The van der Waals surface area contributed by atoms with Gasteiger partial charge in [0.25, 0.3) is 0 Å². The van der Waals surface area contributed by atoms with Gasteiger partial charge in [-0.2, -0.15) is 0 Å². The molecule has 3 aliphatic rings. The first-order chi connectivity index (χ1) is 13.0. The maximum absolute atomic E-state index is 10.8. The van der Waals surface area contributed by atoms with Crippen molar-refractivity contribution in [2.45, 2.75) is 95.9 Å². The van der Waals surface area contributed by atoms with Gasteiger partial charge in [-0.15, -0.1) is 0 Å². The molecule has 5 atom stereocenters. The Kier molecular flexibility index (Phi) is 7.16. The average molecular weight is 377 g/mol. The Hall–Kier alpha value is -1.13. The summed E-state index contributed by atoms with van der Waals surface area (Å²) in [7, 11) is 0. The number of aliphatic hydroxyl groups is 1. The topological polar surface area (TPSA) is 66.8 Å². The van der Waals surface area contributed by atoms with Crippen molar-refractivity contribution >= 4 is 5.97 Å². The van der Waals surface area contributed by atoms with Crippen molar-refractivity contribution in [3.63, 3.8) is 0 Å². The summed E-state index contributed by atoms with van der Waals surface area (Å²) < 4.78 is 6.17. The van der Waals surface area contributed by atoms with Gasteiger partial charge in [0, 0.05) is 12.3 Å². The van der Waals surface area contributed by atoms with E-state index >= 15 is 0 Å². The molecule has 2 heterocycles. The number of fused-ring (bicyclic) bond motifs is 2. The normalized spacial score (nSPS) is 33.9. The van der Waals surface area contributed by atoms with E-state index in [0.29, 0.717) is 30.5 Å². The second kappa shape index (κ2) is 9.38. The van der Waals surface area contributed by atoms with Gasteiger partial charge in [0.15, 0.2) is 0 Å². The van der Waals surface area contributed by atoms with Gasteiger partial charge in [-0.1, -0.05) is 50.5 Å². The zero-order valence-electron chi connectivity index (χ0n) is 16.7. The summed E-state index contributed by atoms with van der Waals surface area (Å²) in [5, 5.41) is 19.5. The summed E-state index contributed by atoms with van der Waals surface area (Å²) in [5.74, 6) is 0.164. The van der Waals surface area contributed by atoms with Gasteiger partial charge in [-0.25, -0.2) is 0 Å². The smallest absolute Gasteiger partial charge is 0.303 e. The SMILES string of the molecule is CC1(C(O)C=C[C@H]2[C@@H](CC=CCCCC(=O)O)[C@H]3CC[C@@H]2O3)CCCCC1. The molecule has 2 saturated heterocycles. The summed E-state index contributed by atoms with van der Waals surface area (Å²) in [6.45, 7) is 2.23. The lowest BCUT2D eigenvalue weighted by molar-refractivity contribution is -0.137. The Bertz CT molecular complexity index is 547. The van der Waals surface area contributed by atoms with E-state index < -0.39 is 5.97 Å². The Labute approximate surface area is 163 Å². The quantitative estimate of drug-likeness (QED) is 0.445. The van der Waals surface area contributed by atoms with Crippen LogP contribution in [0.5, 0.6) is 0 Å². The highest BCUT2D eigenvalue weighted by molar-refractivity contribution is 5.66. The lowest BCUT2D eigenvalue weighted by atomic mass is 9.71. The molecule has 0 spiro atoms. The number of ether oxygens (including phenoxy) is 1. The molecule has 2 aliphatic heterocycles. The van der Waals surface area contributed by atoms with Crippen LogP contribution in [0.15, 0.2) is 24.3 Å². The van der Waals surface area contributed by atoms with Crippen molar-refractivity contribution in [3.05, 3.63) is 24.3 Å². The van der Waals surface area contributed by atoms with E-state index in [-0.39, 0.29) is 17.9 Å². The maximum atomic E-state index is 10.8. The van der Waals surface area contributed by atoms with Gasteiger partial charge in [0.2, 0.25) is 0 Å². The number of carbonyl (C=O) groups is 1. The predicted octanol–water partition coefficient (Wildman–Crippen LogP) is 4.87. The number of allylic oxidation sites excluding steroid dienone is 2. The van der Waals surface area contributed by atoms with Crippen molar-refractivity contribution in [2.75, 3.05) is 0 Å². The molecule has 3 rings (SSSR count). The molecule has 152 valence electrons. The van der Waals surface area contributed by atoms with Crippen LogP contribution in [0.1, 0.15) is 77.6 Å². The summed E-state index contributed by atoms with van der Waals surface area (Å²) in [6, 6.07) is 0. The summed E-state index contributed by atoms with van der Waals surface area (Å²) >= 11 is 0. The first-order valence-corrected chi connectivity index (χ1v) is 10.9. The lowest BCUT2D eigenvalue weighted by Crippen LogP contribution is -2.33. The van der Waals surface area contributed by atoms with Crippen molar-refractivity contribution in [2.24, 2.45) is 17.3 Å². The van der Waals surface area contributed by atoms with E-state index in [4.69, 9.17) is 9.84 Å². The monoisotopic (exact) mass is 376 g/mol. The fourth-order valence-electron chi connectivity index (χ4n) is 5.25. The minimum absolute atomic E-state index is 0.0345. The van der Waals surface area contributed by atoms with E-state index in [2.05, 4.69) is 31.2 Å². The first-order valence-electron chi connectivity index (χ1n) is 10.9. The summed E-state index contributed by atoms with van der Waals surface area (Å²) in [4.78, 5) is 10.6. The Morgan fingerprint density at radius 3 is 2.67 bits per heavy atom. The zero-order valence-corrected chi connectivity index (χ0v) is 16.7. The molecule has 4 heteroatoms. The van der Waals surface area contributed by atoms with Gasteiger partial charge in [0.05, 0.1) is 18.3 Å². The van der Waals surface area contributed by atoms with Crippen LogP contribution in [0.3, 0.4) is 0 Å². The van der Waals surface area contributed by atoms with Crippen LogP contribution in [-0.2, 0) is 9.53 Å². The van der Waals surface area contributed by atoms with Crippen LogP contribution in [0.4, 0.5) is 0 Å². The second-order valence-electron chi connectivity index (χ2n) is 9.07. The molecule has 1 unspecified atom stereocenters. The summed E-state index contributed by atoms with van der Waals surface area (Å²) in [5.41, 5.74) is 0.0345. The van der Waals surface area contributed by atoms with E-state index in [1.807, 2.05) is 0 Å². The third-order valence-corrected chi connectivity index (χ3v) is 7.05. The van der Waals surface area contributed by atoms with E-state index in [1.165, 1.54) is 19.3 Å². The summed E-state index contributed by atoms with van der Waals surface area (Å²) in [6.07, 6.45) is 19.9. The molecule has 0 amide bonds. The van der Waals surface area contributed by atoms with Gasteiger partial charge in [0.1, 0.15) is 0 Å². The highest BCUT2D eigenvalue weighted by Crippen LogP contribution is 2.46. The minimum Gasteiger partial charge on any atom is -0.481 e. The van der Waals surface area contributed by atoms with Crippen LogP contribution >= 0.6 is 0 Å². The Morgan fingerprint density at radius 1 is 1.19 bits per heavy atom. The van der Waals surface area contributed by atoms with E-state index in [9.17, 15) is 9.90 Å². The average Bonchev–Trinajstić information content (AvgIpc) is 3.24. The second-order valence-corrected chi connectivity index (χ2v) is 9.07. The number of rotatable bonds is 9. The molecule has 2 N–H and O–H groups in total. The molecule has 0 aromatic rings. The molecular formula is C23H36O4. The molecule has 0 radical (unpaired) electrons. The predicted molar refractivity (Wildman–Crippen MR) is 106 cm³/mol. The van der Waals surface area contributed by atoms with Crippen LogP contribution in [0, 0.1) is 17.3 Å². The molecule has 1 saturated carbocycles. The fraction of sp³-hybridized carbons (Fsp3) is 0.783. The number of hydrogen-bond donors (Lipinski definition) is 2. The van der Waals surface area contributed by atoms with Crippen LogP contribution < -0.4 is 0 Å². The van der Waals surface area contributed by atoms with Crippen LogP contribution in [-0.4, -0.2) is 34.5 Å². The molecule has 3 fully saturated rings. The molecular weight excluding hydrogens is 340 g/mol. The van der Waals surface area contributed by atoms with Crippen molar-refractivity contribution in [1.29, 1.82) is 0 Å². The largest absolute Gasteiger partial charge is 0.481 e. The van der Waals surface area contributed by atoms with E-state index in [0.717, 1.165) is 38.5 Å². The number of carboxylic acids is 1. The lowest BCUT2D eigenvalue weighted by Gasteiger charge is -2.37. The van der Waals surface area contributed by atoms with Crippen LogP contribution in [0.2, 0.25) is 0 Å². The van der Waals surface area contributed by atoms with Gasteiger partial charge in [-0.05, 0) is 56.3 Å². The number of hydrogen-bond acceptors (Lipinski definition) is 3. The first kappa shape index (κ1) is 20.6. The number of aliphatic carboxylic acids is 1. The zero-order chi connectivity index (χ0) is 19.3. The molecule has 27 heavy (non-hydrogen) atoms. The minimum atomic E-state index is -0.722. The van der Waals surface area contributed by atoms with Crippen molar-refractivity contribution in [3.8, 4) is 0 Å². The van der Waals surface area contributed by atoms with Gasteiger partial charge < -0.3 is 14.9 Å². The van der Waals surface area contributed by atoms with Crippen molar-refractivity contribution in [1.82, 2.24) is 0 Å². The standard InChI is InChI=1S/C23H36O4/c1-23(15-7-4-8-16-23)21(24)14-11-18-17(19-12-13-20(18)27-19)9-5-2-3-6-10-22(25)26/h2,5,11,14,17-21,24H,3-4,6-10,12-13,15-16H2,1H3,(H,25,26)/t17-,18+,19-,20+,21?/m1/s1. The van der Waals surface area contributed by atoms with E-state index in [1.54, 1.807) is 0 Å². The molecule has 0 aromatic carbocycles. The van der Waals surface area contributed by atoms with Gasteiger partial charge >= 0.3 is 5.97 Å². The maximum Gasteiger partial charge on any atom is 0.303 e. The Balaban J connectivity index is 1.53. The third kappa shape index (κ3) is 5.23. The molecule has 1 aliphatic carbocycles. The molecule has 0 aromatic heterocycles.